The predicted octanol–water partition coefficient (Wildman–Crippen LogP) is 2.01. The standard InChI is InChI=1S/C21H20N6O6/c28-19-7-6-15(8-18(19)27(31)32)10-24-26-20(29)17(9-16-11-22-13-23-16)25-21(30)33-12-14-4-2-1-3-5-14/h1-8,10-11,13,17,28H,9,12H2,(H,22,23)(H,25,30)(H,26,29)/b24-10-/t17-/m0/s1. The first-order valence-corrected chi connectivity index (χ1v) is 9.67. The number of nitrogens with one attached hydrogen (secondary N) is 3. The smallest absolute Gasteiger partial charge is 0.408 e. The van der Waals surface area contributed by atoms with Gasteiger partial charge in [0, 0.05) is 29.9 Å². The number of aromatic nitrogens is 2. The second-order valence-corrected chi connectivity index (χ2v) is 6.78. The number of benzene rings is 2. The van der Waals surface area contributed by atoms with E-state index in [0.717, 1.165) is 17.7 Å². The van der Waals surface area contributed by atoms with E-state index in [1.165, 1.54) is 24.8 Å². The van der Waals surface area contributed by atoms with Crippen molar-refractivity contribution < 1.29 is 24.4 Å². The number of hydrazone groups is 1. The van der Waals surface area contributed by atoms with Crippen LogP contribution in [0.15, 0.2) is 66.2 Å². The number of rotatable bonds is 9. The number of hydrogen-bond acceptors (Lipinski definition) is 8. The third-order valence-corrected chi connectivity index (χ3v) is 4.38. The molecule has 1 heterocycles. The summed E-state index contributed by atoms with van der Waals surface area (Å²) in [7, 11) is 0. The maximum Gasteiger partial charge on any atom is 0.408 e. The van der Waals surface area contributed by atoms with Crippen LogP contribution in [-0.4, -0.2) is 44.3 Å². The maximum atomic E-state index is 12.6. The van der Waals surface area contributed by atoms with E-state index in [1.807, 2.05) is 18.2 Å². The monoisotopic (exact) mass is 452 g/mol. The summed E-state index contributed by atoms with van der Waals surface area (Å²) in [5.74, 6) is -1.13. The molecule has 3 rings (SSSR count). The summed E-state index contributed by atoms with van der Waals surface area (Å²) in [5.41, 5.74) is 3.44. The molecule has 3 aromatic rings. The molecule has 33 heavy (non-hydrogen) atoms. The van der Waals surface area contributed by atoms with E-state index >= 15 is 0 Å². The normalized spacial score (nSPS) is 11.6. The van der Waals surface area contributed by atoms with Crippen molar-refractivity contribution in [2.24, 2.45) is 5.10 Å². The number of carbonyl (C=O) groups excluding carboxylic acids is 2. The first-order valence-electron chi connectivity index (χ1n) is 9.67. The Balaban J connectivity index is 1.62. The molecule has 0 aliphatic carbocycles. The third-order valence-electron chi connectivity index (χ3n) is 4.38. The van der Waals surface area contributed by atoms with Crippen LogP contribution in [0.1, 0.15) is 16.8 Å². The van der Waals surface area contributed by atoms with Gasteiger partial charge in [-0.25, -0.2) is 15.2 Å². The number of aromatic amines is 1. The van der Waals surface area contributed by atoms with E-state index in [0.29, 0.717) is 5.69 Å². The number of carbonyl (C=O) groups is 2. The van der Waals surface area contributed by atoms with Gasteiger partial charge in [-0.1, -0.05) is 30.3 Å². The van der Waals surface area contributed by atoms with Gasteiger partial charge in [0.2, 0.25) is 0 Å². The second kappa shape index (κ2) is 11.0. The molecular weight excluding hydrogens is 432 g/mol. The average molecular weight is 452 g/mol. The van der Waals surface area contributed by atoms with Crippen LogP contribution >= 0.6 is 0 Å². The van der Waals surface area contributed by atoms with Gasteiger partial charge in [0.15, 0.2) is 5.75 Å². The van der Waals surface area contributed by atoms with Gasteiger partial charge in [0.25, 0.3) is 5.91 Å². The molecular formula is C21H20N6O6. The Labute approximate surface area is 187 Å². The number of hydrogen-bond donors (Lipinski definition) is 4. The van der Waals surface area contributed by atoms with E-state index in [1.54, 1.807) is 12.1 Å². The van der Waals surface area contributed by atoms with Crippen molar-refractivity contribution in [3.63, 3.8) is 0 Å². The number of alkyl carbamates (subject to hydrolysis) is 1. The molecule has 0 saturated carbocycles. The van der Waals surface area contributed by atoms with E-state index in [2.05, 4.69) is 25.8 Å². The van der Waals surface area contributed by atoms with E-state index in [4.69, 9.17) is 4.74 Å². The number of aromatic hydroxyl groups is 1. The molecule has 170 valence electrons. The second-order valence-electron chi connectivity index (χ2n) is 6.78. The fourth-order valence-electron chi connectivity index (χ4n) is 2.75. The highest BCUT2D eigenvalue weighted by molar-refractivity contribution is 5.88. The molecule has 12 heteroatoms. The predicted molar refractivity (Wildman–Crippen MR) is 116 cm³/mol. The van der Waals surface area contributed by atoms with Crippen molar-refractivity contribution in [3.05, 3.63) is 88.0 Å². The van der Waals surface area contributed by atoms with Crippen LogP contribution in [0.5, 0.6) is 5.75 Å². The van der Waals surface area contributed by atoms with Crippen LogP contribution in [-0.2, 0) is 22.6 Å². The van der Waals surface area contributed by atoms with Crippen LogP contribution in [0, 0.1) is 10.1 Å². The zero-order valence-corrected chi connectivity index (χ0v) is 17.2. The van der Waals surface area contributed by atoms with Crippen LogP contribution in [0.2, 0.25) is 0 Å². The minimum Gasteiger partial charge on any atom is -0.502 e. The maximum absolute atomic E-state index is 12.6. The lowest BCUT2D eigenvalue weighted by molar-refractivity contribution is -0.385. The molecule has 1 aromatic heterocycles. The minimum atomic E-state index is -1.04. The Morgan fingerprint density at radius 1 is 1.27 bits per heavy atom. The average Bonchev–Trinajstić information content (AvgIpc) is 3.32. The summed E-state index contributed by atoms with van der Waals surface area (Å²) in [6.07, 6.45) is 3.42. The molecule has 12 nitrogen and oxygen atoms in total. The highest BCUT2D eigenvalue weighted by Gasteiger charge is 2.22. The lowest BCUT2D eigenvalue weighted by Gasteiger charge is -2.16. The van der Waals surface area contributed by atoms with Crippen molar-refractivity contribution in [2.45, 2.75) is 19.1 Å². The lowest BCUT2D eigenvalue weighted by atomic mass is 10.1. The highest BCUT2D eigenvalue weighted by Crippen LogP contribution is 2.25. The molecule has 0 bridgehead atoms. The number of phenols is 1. The third kappa shape index (κ3) is 6.89. The molecule has 4 N–H and O–H groups in total. The molecule has 0 unspecified atom stereocenters. The number of phenolic OH excluding ortho intramolecular Hbond substituents is 1. The van der Waals surface area contributed by atoms with Gasteiger partial charge in [-0.3, -0.25) is 14.9 Å². The van der Waals surface area contributed by atoms with Crippen LogP contribution in [0.4, 0.5) is 10.5 Å². The topological polar surface area (TPSA) is 172 Å². The van der Waals surface area contributed by atoms with Gasteiger partial charge in [-0.05, 0) is 17.7 Å². The fraction of sp³-hybridized carbons (Fsp3) is 0.143. The molecule has 0 radical (unpaired) electrons. The number of nitro groups is 1. The summed E-state index contributed by atoms with van der Waals surface area (Å²) < 4.78 is 5.17. The van der Waals surface area contributed by atoms with Gasteiger partial charge in [-0.2, -0.15) is 5.10 Å². The Morgan fingerprint density at radius 2 is 2.06 bits per heavy atom. The van der Waals surface area contributed by atoms with E-state index in [-0.39, 0.29) is 18.6 Å². The van der Waals surface area contributed by atoms with Crippen molar-refractivity contribution in [1.82, 2.24) is 20.7 Å². The number of nitro benzene ring substituents is 1. The molecule has 1 atom stereocenters. The summed E-state index contributed by atoms with van der Waals surface area (Å²) in [4.78, 5) is 41.8. The molecule has 0 fully saturated rings. The first kappa shape index (κ1) is 22.9. The van der Waals surface area contributed by atoms with E-state index < -0.39 is 34.4 Å². The van der Waals surface area contributed by atoms with Crippen LogP contribution in [0.3, 0.4) is 0 Å². The Morgan fingerprint density at radius 3 is 2.76 bits per heavy atom. The van der Waals surface area contributed by atoms with E-state index in [9.17, 15) is 24.8 Å². The Hall–Kier alpha value is -4.74. The lowest BCUT2D eigenvalue weighted by Crippen LogP contribution is -2.47. The van der Waals surface area contributed by atoms with Gasteiger partial charge >= 0.3 is 11.8 Å². The van der Waals surface area contributed by atoms with Crippen LogP contribution < -0.4 is 10.7 Å². The Bertz CT molecular complexity index is 1130. The van der Waals surface area contributed by atoms with Crippen molar-refractivity contribution in [1.29, 1.82) is 0 Å². The number of imidazole rings is 1. The number of amides is 2. The molecule has 0 aliphatic heterocycles. The van der Waals surface area contributed by atoms with Gasteiger partial charge in [0.1, 0.15) is 12.6 Å². The van der Waals surface area contributed by atoms with Gasteiger partial charge < -0.3 is 20.1 Å². The summed E-state index contributed by atoms with van der Waals surface area (Å²) >= 11 is 0. The number of nitrogens with zero attached hydrogens (tertiary/aromatic N) is 3. The molecule has 0 aliphatic rings. The molecule has 0 saturated heterocycles. The Kier molecular flexibility index (Phi) is 7.67. The van der Waals surface area contributed by atoms with Crippen molar-refractivity contribution >= 4 is 23.9 Å². The van der Waals surface area contributed by atoms with Crippen LogP contribution in [0.25, 0.3) is 0 Å². The van der Waals surface area contributed by atoms with Gasteiger partial charge in [0.05, 0.1) is 17.5 Å². The number of ether oxygens (including phenoxy) is 1. The zero-order valence-electron chi connectivity index (χ0n) is 17.2. The quantitative estimate of drug-likeness (QED) is 0.218. The van der Waals surface area contributed by atoms with Crippen molar-refractivity contribution in [3.8, 4) is 5.75 Å². The SMILES string of the molecule is O=C(N[C@@H](Cc1cnc[nH]1)C(=O)N/N=C\c1ccc(O)c([N+](=O)[O-])c1)OCc1ccccc1. The highest BCUT2D eigenvalue weighted by atomic mass is 16.6. The largest absolute Gasteiger partial charge is 0.502 e. The molecule has 2 amide bonds. The summed E-state index contributed by atoms with van der Waals surface area (Å²) in [6.45, 7) is 0.0306. The zero-order chi connectivity index (χ0) is 23.6. The summed E-state index contributed by atoms with van der Waals surface area (Å²) in [5, 5.41) is 26.7. The van der Waals surface area contributed by atoms with Gasteiger partial charge in [-0.15, -0.1) is 0 Å². The minimum absolute atomic E-state index is 0.0306. The molecule has 0 spiro atoms. The summed E-state index contributed by atoms with van der Waals surface area (Å²) in [6, 6.07) is 11.6. The fourth-order valence-corrected chi connectivity index (χ4v) is 2.75. The van der Waals surface area contributed by atoms with Crippen molar-refractivity contribution in [2.75, 3.05) is 0 Å². The first-order chi connectivity index (χ1) is 15.9. The number of H-pyrrole nitrogens is 1. The molecule has 2 aromatic carbocycles.